The molecule has 2 unspecified atom stereocenters. The van der Waals surface area contributed by atoms with Crippen LogP contribution < -0.4 is 0 Å². The van der Waals surface area contributed by atoms with Crippen LogP contribution in [-0.4, -0.2) is 23.5 Å². The number of pyridine rings is 1. The second-order valence-electron chi connectivity index (χ2n) is 4.27. The van der Waals surface area contributed by atoms with E-state index in [0.717, 1.165) is 24.0 Å². The van der Waals surface area contributed by atoms with Crippen LogP contribution in [0.25, 0.3) is 0 Å². The third-order valence-corrected chi connectivity index (χ3v) is 3.25. The van der Waals surface area contributed by atoms with Crippen LogP contribution in [0.1, 0.15) is 35.7 Å². The van der Waals surface area contributed by atoms with E-state index in [4.69, 9.17) is 4.74 Å². The Kier molecular flexibility index (Phi) is 3.34. The van der Waals surface area contributed by atoms with E-state index in [0.29, 0.717) is 6.61 Å². The van der Waals surface area contributed by atoms with Crippen LogP contribution in [-0.2, 0) is 4.74 Å². The molecule has 0 saturated carbocycles. The highest BCUT2D eigenvalue weighted by Crippen LogP contribution is 2.27. The number of carbonyl (C=O) groups excluding carboxylic acids is 1. The van der Waals surface area contributed by atoms with Gasteiger partial charge in [0, 0.05) is 24.6 Å². The van der Waals surface area contributed by atoms with E-state index in [1.807, 2.05) is 13.0 Å². The summed E-state index contributed by atoms with van der Waals surface area (Å²) in [7, 11) is 0. The molecule has 0 N–H and O–H groups in total. The smallest absolute Gasteiger partial charge is 0.170 e. The first kappa shape index (κ1) is 11.3. The number of carbonyl (C=O) groups is 1. The second kappa shape index (κ2) is 4.74. The van der Waals surface area contributed by atoms with E-state index in [1.165, 1.54) is 0 Å². The quantitative estimate of drug-likeness (QED) is 0.733. The van der Waals surface area contributed by atoms with Crippen molar-refractivity contribution in [2.24, 2.45) is 5.92 Å². The summed E-state index contributed by atoms with van der Waals surface area (Å²) in [6, 6.07) is 1.88. The zero-order valence-corrected chi connectivity index (χ0v) is 9.77. The van der Waals surface area contributed by atoms with Crippen molar-refractivity contribution in [3.05, 3.63) is 29.6 Å². The molecule has 1 saturated heterocycles. The van der Waals surface area contributed by atoms with E-state index >= 15 is 0 Å². The Morgan fingerprint density at radius 2 is 2.44 bits per heavy atom. The number of aromatic nitrogens is 1. The molecule has 0 amide bonds. The summed E-state index contributed by atoms with van der Waals surface area (Å²) in [4.78, 5) is 16.3. The van der Waals surface area contributed by atoms with E-state index in [2.05, 4.69) is 11.9 Å². The van der Waals surface area contributed by atoms with Gasteiger partial charge in [-0.3, -0.25) is 9.78 Å². The maximum atomic E-state index is 12.3. The molecule has 0 radical (unpaired) electrons. The number of Topliss-reactive ketones (excluding diaryl/α,β-unsaturated/α-hetero) is 1. The van der Waals surface area contributed by atoms with Gasteiger partial charge in [0.15, 0.2) is 5.78 Å². The Labute approximate surface area is 95.8 Å². The van der Waals surface area contributed by atoms with Crippen LogP contribution in [0.15, 0.2) is 18.5 Å². The van der Waals surface area contributed by atoms with E-state index in [-0.39, 0.29) is 17.8 Å². The highest BCUT2D eigenvalue weighted by atomic mass is 16.5. The standard InChI is InChI=1S/C13H17NO2/c1-3-12-10(5-7-16-12)13(15)11-8-14-6-4-9(11)2/h4,6,8,10,12H,3,5,7H2,1-2H3. The van der Waals surface area contributed by atoms with Gasteiger partial charge in [0.2, 0.25) is 0 Å². The maximum absolute atomic E-state index is 12.3. The molecule has 0 spiro atoms. The fourth-order valence-corrected chi connectivity index (χ4v) is 2.27. The topological polar surface area (TPSA) is 39.2 Å². The summed E-state index contributed by atoms with van der Waals surface area (Å²) in [6.07, 6.45) is 5.21. The van der Waals surface area contributed by atoms with E-state index in [9.17, 15) is 4.79 Å². The molecule has 1 aliphatic rings. The third kappa shape index (κ3) is 2.00. The van der Waals surface area contributed by atoms with Gasteiger partial charge in [-0.1, -0.05) is 6.92 Å². The number of ether oxygens (including phenoxy) is 1. The van der Waals surface area contributed by atoms with Crippen molar-refractivity contribution in [1.29, 1.82) is 0 Å². The predicted octanol–water partition coefficient (Wildman–Crippen LogP) is 2.39. The van der Waals surface area contributed by atoms with Crippen molar-refractivity contribution in [3.63, 3.8) is 0 Å². The van der Waals surface area contributed by atoms with Crippen molar-refractivity contribution in [3.8, 4) is 0 Å². The molecule has 2 rings (SSSR count). The Bertz CT molecular complexity index is 389. The van der Waals surface area contributed by atoms with Gasteiger partial charge in [0.1, 0.15) is 0 Å². The largest absolute Gasteiger partial charge is 0.377 e. The molecule has 1 aromatic heterocycles. The van der Waals surface area contributed by atoms with Crippen molar-refractivity contribution in [1.82, 2.24) is 4.98 Å². The lowest BCUT2D eigenvalue weighted by molar-refractivity contribution is 0.0688. The Balaban J connectivity index is 2.22. The molecule has 2 atom stereocenters. The first-order valence-corrected chi connectivity index (χ1v) is 5.80. The van der Waals surface area contributed by atoms with Gasteiger partial charge < -0.3 is 4.74 Å². The van der Waals surface area contributed by atoms with Crippen molar-refractivity contribution in [2.75, 3.05) is 6.61 Å². The van der Waals surface area contributed by atoms with Gasteiger partial charge in [-0.05, 0) is 31.4 Å². The summed E-state index contributed by atoms with van der Waals surface area (Å²) in [6.45, 7) is 4.71. The van der Waals surface area contributed by atoms with Crippen molar-refractivity contribution < 1.29 is 9.53 Å². The maximum Gasteiger partial charge on any atom is 0.170 e. The summed E-state index contributed by atoms with van der Waals surface area (Å²) >= 11 is 0. The SMILES string of the molecule is CCC1OCCC1C(=O)c1cnccc1C. The molecule has 86 valence electrons. The first-order valence-electron chi connectivity index (χ1n) is 5.80. The van der Waals surface area contributed by atoms with Gasteiger partial charge >= 0.3 is 0 Å². The Morgan fingerprint density at radius 1 is 1.62 bits per heavy atom. The van der Waals surface area contributed by atoms with Crippen LogP contribution in [0.3, 0.4) is 0 Å². The molecule has 1 fully saturated rings. The Hall–Kier alpha value is -1.22. The molecule has 3 nitrogen and oxygen atoms in total. The number of hydrogen-bond acceptors (Lipinski definition) is 3. The molecule has 16 heavy (non-hydrogen) atoms. The van der Waals surface area contributed by atoms with Gasteiger partial charge in [-0.2, -0.15) is 0 Å². The van der Waals surface area contributed by atoms with Crippen LogP contribution >= 0.6 is 0 Å². The second-order valence-corrected chi connectivity index (χ2v) is 4.27. The summed E-state index contributed by atoms with van der Waals surface area (Å²) < 4.78 is 5.56. The van der Waals surface area contributed by atoms with Gasteiger partial charge in [-0.25, -0.2) is 0 Å². The van der Waals surface area contributed by atoms with Crippen molar-refractivity contribution >= 4 is 5.78 Å². The fraction of sp³-hybridized carbons (Fsp3) is 0.538. The van der Waals surface area contributed by atoms with E-state index in [1.54, 1.807) is 12.4 Å². The molecule has 0 aromatic carbocycles. The molecule has 2 heterocycles. The summed E-state index contributed by atoms with van der Waals surface area (Å²) in [5, 5.41) is 0. The number of ketones is 1. The lowest BCUT2D eigenvalue weighted by Crippen LogP contribution is -2.24. The molecule has 0 bridgehead atoms. The highest BCUT2D eigenvalue weighted by Gasteiger charge is 2.33. The van der Waals surface area contributed by atoms with Gasteiger partial charge in [-0.15, -0.1) is 0 Å². The zero-order valence-electron chi connectivity index (χ0n) is 9.77. The monoisotopic (exact) mass is 219 g/mol. The zero-order chi connectivity index (χ0) is 11.5. The normalized spacial score (nSPS) is 24.6. The average Bonchev–Trinajstić information content (AvgIpc) is 2.77. The summed E-state index contributed by atoms with van der Waals surface area (Å²) in [5.41, 5.74) is 1.75. The van der Waals surface area contributed by atoms with Crippen LogP contribution in [0.5, 0.6) is 0 Å². The molecule has 1 aromatic rings. The lowest BCUT2D eigenvalue weighted by Gasteiger charge is -2.16. The molecule has 1 aliphatic heterocycles. The number of hydrogen-bond donors (Lipinski definition) is 0. The minimum absolute atomic E-state index is 0.0212. The Morgan fingerprint density at radius 3 is 3.12 bits per heavy atom. The fourth-order valence-electron chi connectivity index (χ4n) is 2.27. The minimum atomic E-state index is 0.0212. The number of nitrogens with zero attached hydrogens (tertiary/aromatic N) is 1. The van der Waals surface area contributed by atoms with E-state index < -0.39 is 0 Å². The average molecular weight is 219 g/mol. The highest BCUT2D eigenvalue weighted by molar-refractivity contribution is 5.99. The van der Waals surface area contributed by atoms with Crippen LogP contribution in [0, 0.1) is 12.8 Å². The molecular weight excluding hydrogens is 202 g/mol. The predicted molar refractivity (Wildman–Crippen MR) is 61.4 cm³/mol. The third-order valence-electron chi connectivity index (χ3n) is 3.25. The minimum Gasteiger partial charge on any atom is -0.377 e. The van der Waals surface area contributed by atoms with Gasteiger partial charge in [0.25, 0.3) is 0 Å². The van der Waals surface area contributed by atoms with Crippen molar-refractivity contribution in [2.45, 2.75) is 32.8 Å². The number of aryl methyl sites for hydroxylation is 1. The van der Waals surface area contributed by atoms with Gasteiger partial charge in [0.05, 0.1) is 12.0 Å². The molecule has 3 heteroatoms. The van der Waals surface area contributed by atoms with Crippen LogP contribution in [0.4, 0.5) is 0 Å². The summed E-state index contributed by atoms with van der Waals surface area (Å²) in [5.74, 6) is 0.211. The molecular formula is C13H17NO2. The lowest BCUT2D eigenvalue weighted by atomic mass is 9.89. The van der Waals surface area contributed by atoms with Crippen LogP contribution in [0.2, 0.25) is 0 Å². The first-order chi connectivity index (χ1) is 7.74. The molecule has 0 aliphatic carbocycles. The number of rotatable bonds is 3.